The van der Waals surface area contributed by atoms with Crippen LogP contribution < -0.4 is 19.5 Å². The Morgan fingerprint density at radius 1 is 1.06 bits per heavy atom. The molecule has 36 heavy (non-hydrogen) atoms. The quantitative estimate of drug-likeness (QED) is 0.345. The average Bonchev–Trinajstić information content (AvgIpc) is 2.78. The van der Waals surface area contributed by atoms with Gasteiger partial charge in [-0.3, -0.25) is 9.52 Å². The Morgan fingerprint density at radius 2 is 1.78 bits per heavy atom. The topological polar surface area (TPSA) is 114 Å². The molecular weight excluding hydrogens is 525 g/mol. The summed E-state index contributed by atoms with van der Waals surface area (Å²) in [6.07, 6.45) is -6.54. The maximum Gasteiger partial charge on any atom is 0.573 e. The van der Waals surface area contributed by atoms with Gasteiger partial charge in [-0.25, -0.2) is 8.42 Å². The molecule has 0 radical (unpaired) electrons. The minimum absolute atomic E-state index is 0.0665. The van der Waals surface area contributed by atoms with E-state index in [0.717, 1.165) is 18.2 Å². The van der Waals surface area contributed by atoms with Gasteiger partial charge in [-0.1, -0.05) is 35.9 Å². The van der Waals surface area contributed by atoms with Gasteiger partial charge < -0.3 is 19.9 Å². The van der Waals surface area contributed by atoms with Crippen molar-refractivity contribution in [2.75, 3.05) is 16.6 Å². The molecule has 1 atom stereocenters. The van der Waals surface area contributed by atoms with Crippen molar-refractivity contribution >= 4 is 38.9 Å². The van der Waals surface area contributed by atoms with E-state index in [1.54, 1.807) is 19.1 Å². The first-order valence-corrected chi connectivity index (χ1v) is 12.1. The number of anilines is 2. The van der Waals surface area contributed by atoms with Crippen LogP contribution in [0.25, 0.3) is 0 Å². The Kier molecular flexibility index (Phi) is 8.33. The monoisotopic (exact) mass is 544 g/mol. The Morgan fingerprint density at radius 3 is 2.44 bits per heavy atom. The Bertz CT molecular complexity index is 1350. The largest absolute Gasteiger partial charge is 0.573 e. The number of benzene rings is 3. The number of rotatable bonds is 9. The van der Waals surface area contributed by atoms with Crippen LogP contribution in [0.3, 0.4) is 0 Å². The van der Waals surface area contributed by atoms with Gasteiger partial charge in [0, 0.05) is 28.4 Å². The second-order valence-corrected chi connectivity index (χ2v) is 9.25. The molecule has 0 aliphatic carbocycles. The molecule has 0 bridgehead atoms. The van der Waals surface area contributed by atoms with Crippen molar-refractivity contribution in [1.82, 2.24) is 0 Å². The van der Waals surface area contributed by atoms with E-state index >= 15 is 0 Å². The summed E-state index contributed by atoms with van der Waals surface area (Å²) < 4.78 is 74.7. The zero-order chi connectivity index (χ0) is 26.5. The lowest BCUT2D eigenvalue weighted by molar-refractivity contribution is -0.274. The maximum absolute atomic E-state index is 13.0. The number of ether oxygens (including phenoxy) is 2. The van der Waals surface area contributed by atoms with E-state index in [4.69, 9.17) is 16.3 Å². The van der Waals surface area contributed by atoms with Gasteiger partial charge in [-0.2, -0.15) is 0 Å². The fourth-order valence-corrected chi connectivity index (χ4v) is 4.51. The Balaban J connectivity index is 1.83. The van der Waals surface area contributed by atoms with Crippen molar-refractivity contribution < 1.29 is 41.0 Å². The highest BCUT2D eigenvalue weighted by atomic mass is 35.5. The molecule has 3 N–H and O–H groups in total. The summed E-state index contributed by atoms with van der Waals surface area (Å²) in [4.78, 5) is 12.2. The molecular formula is C23H20ClF3N2O6S. The third-order valence-electron chi connectivity index (χ3n) is 4.57. The van der Waals surface area contributed by atoms with Crippen LogP contribution in [0, 0.1) is 0 Å². The molecule has 13 heteroatoms. The van der Waals surface area contributed by atoms with Crippen LogP contribution in [0.2, 0.25) is 5.02 Å². The van der Waals surface area contributed by atoms with Gasteiger partial charge in [-0.05, 0) is 37.3 Å². The van der Waals surface area contributed by atoms with Crippen LogP contribution >= 0.6 is 11.6 Å². The smallest absolute Gasteiger partial charge is 0.492 e. The molecule has 0 aliphatic rings. The van der Waals surface area contributed by atoms with Crippen molar-refractivity contribution in [3.63, 3.8) is 0 Å². The summed E-state index contributed by atoms with van der Waals surface area (Å²) in [6.45, 7) is 1.67. The Labute approximate surface area is 209 Å². The predicted octanol–water partition coefficient (Wildman–Crippen LogP) is 5.11. The fourth-order valence-electron chi connectivity index (χ4n) is 3.09. The lowest BCUT2D eigenvalue weighted by Crippen LogP contribution is -2.21. The molecule has 0 heterocycles. The molecule has 8 nitrogen and oxygen atoms in total. The fraction of sp³-hybridized carbons (Fsp3) is 0.174. The van der Waals surface area contributed by atoms with E-state index in [9.17, 15) is 31.5 Å². The molecule has 192 valence electrons. The number of nitrogens with one attached hydrogen (secondary N) is 2. The van der Waals surface area contributed by atoms with Crippen molar-refractivity contribution in [3.05, 3.63) is 77.3 Å². The van der Waals surface area contributed by atoms with Crippen LogP contribution in [-0.2, 0) is 14.8 Å². The lowest BCUT2D eigenvalue weighted by Gasteiger charge is -2.16. The zero-order valence-corrected chi connectivity index (χ0v) is 20.1. The van der Waals surface area contributed by atoms with Gasteiger partial charge in [0.25, 0.3) is 15.9 Å². The van der Waals surface area contributed by atoms with Gasteiger partial charge in [0.1, 0.15) is 16.4 Å². The van der Waals surface area contributed by atoms with Gasteiger partial charge in [0.15, 0.2) is 6.10 Å². The first-order chi connectivity index (χ1) is 16.9. The number of amides is 1. The van der Waals surface area contributed by atoms with E-state index < -0.39 is 34.1 Å². The SMILES string of the molecule is CCOc1cc(NC(=O)[C@@H](O)c2ccccc2Cl)ccc1S(=O)(=O)Nc1cccc(OC(F)(F)F)c1. The summed E-state index contributed by atoms with van der Waals surface area (Å²) in [6, 6.07) is 14.2. The third-order valence-corrected chi connectivity index (χ3v) is 6.33. The van der Waals surface area contributed by atoms with Crippen molar-refractivity contribution in [2.45, 2.75) is 24.3 Å². The normalized spacial score (nSPS) is 12.5. The van der Waals surface area contributed by atoms with Gasteiger partial charge >= 0.3 is 6.36 Å². The van der Waals surface area contributed by atoms with E-state index in [0.29, 0.717) is 0 Å². The van der Waals surface area contributed by atoms with Crippen molar-refractivity contribution in [3.8, 4) is 11.5 Å². The van der Waals surface area contributed by atoms with E-state index in [1.165, 1.54) is 36.4 Å². The predicted molar refractivity (Wildman–Crippen MR) is 127 cm³/mol. The molecule has 0 aromatic heterocycles. The second kappa shape index (κ2) is 11.1. The minimum Gasteiger partial charge on any atom is -0.492 e. The summed E-state index contributed by atoms with van der Waals surface area (Å²) in [5.74, 6) is -1.57. The third kappa shape index (κ3) is 7.03. The molecule has 0 spiro atoms. The summed E-state index contributed by atoms with van der Waals surface area (Å²) in [5, 5.41) is 13.0. The minimum atomic E-state index is -4.95. The summed E-state index contributed by atoms with van der Waals surface area (Å²) in [7, 11) is -4.33. The standard InChI is InChI=1S/C23H20ClF3N2O6S/c1-2-34-19-13-14(28-22(31)21(30)17-8-3-4-9-18(17)24)10-11-20(19)36(32,33)29-15-6-5-7-16(12-15)35-23(25,26)27/h3-13,21,29-30H,2H2,1H3,(H,28,31)/t21-/m0/s1. The van der Waals surface area contributed by atoms with Crippen molar-refractivity contribution in [2.24, 2.45) is 0 Å². The number of carbonyl (C=O) groups is 1. The van der Waals surface area contributed by atoms with Gasteiger partial charge in [0.2, 0.25) is 0 Å². The van der Waals surface area contributed by atoms with Crippen LogP contribution in [0.5, 0.6) is 11.5 Å². The van der Waals surface area contributed by atoms with E-state index in [1.807, 2.05) is 0 Å². The van der Waals surface area contributed by atoms with Crippen LogP contribution in [0.1, 0.15) is 18.6 Å². The highest BCUT2D eigenvalue weighted by Gasteiger charge is 2.31. The van der Waals surface area contributed by atoms with Crippen LogP contribution in [-0.4, -0.2) is 32.4 Å². The Hall–Kier alpha value is -3.48. The summed E-state index contributed by atoms with van der Waals surface area (Å²) in [5.41, 5.74) is 0.121. The van der Waals surface area contributed by atoms with Gasteiger partial charge in [0.05, 0.1) is 12.3 Å². The maximum atomic E-state index is 13.0. The molecule has 0 saturated carbocycles. The highest BCUT2D eigenvalue weighted by Crippen LogP contribution is 2.32. The molecule has 0 unspecified atom stereocenters. The number of alkyl halides is 3. The number of hydrogen-bond acceptors (Lipinski definition) is 6. The number of aliphatic hydroxyl groups is 1. The van der Waals surface area contributed by atoms with Gasteiger partial charge in [-0.15, -0.1) is 13.2 Å². The molecule has 1 amide bonds. The number of sulfonamides is 1. The van der Waals surface area contributed by atoms with E-state index in [-0.39, 0.29) is 39.2 Å². The number of hydrogen-bond donors (Lipinski definition) is 3. The highest BCUT2D eigenvalue weighted by molar-refractivity contribution is 7.92. The molecule has 3 rings (SSSR count). The van der Waals surface area contributed by atoms with Crippen molar-refractivity contribution in [1.29, 1.82) is 0 Å². The second-order valence-electron chi connectivity index (χ2n) is 7.19. The number of halogens is 4. The van der Waals surface area contributed by atoms with E-state index in [2.05, 4.69) is 14.8 Å². The molecule has 0 aliphatic heterocycles. The lowest BCUT2D eigenvalue weighted by atomic mass is 10.1. The first kappa shape index (κ1) is 27.1. The number of aliphatic hydroxyl groups excluding tert-OH is 1. The molecule has 0 fully saturated rings. The van der Waals surface area contributed by atoms with Crippen LogP contribution in [0.4, 0.5) is 24.5 Å². The molecule has 3 aromatic rings. The first-order valence-electron chi connectivity index (χ1n) is 10.3. The molecule has 0 saturated heterocycles. The summed E-state index contributed by atoms with van der Waals surface area (Å²) >= 11 is 6.01. The number of carbonyl (C=O) groups excluding carboxylic acids is 1. The zero-order valence-electron chi connectivity index (χ0n) is 18.5. The average molecular weight is 545 g/mol. The molecule has 3 aromatic carbocycles. The van der Waals surface area contributed by atoms with Crippen LogP contribution in [0.15, 0.2) is 71.6 Å².